The van der Waals surface area contributed by atoms with E-state index in [0.717, 1.165) is 11.6 Å². The van der Waals surface area contributed by atoms with E-state index in [1.54, 1.807) is 0 Å². The molecule has 1 aromatic carbocycles. The maximum Gasteiger partial charge on any atom is 0.248 e. The standard InChI is InChI=1S/C18H25N3O/c19-18(22)15-7-2-1-6-14(15)16-12-17(16)21-10-8-20(9-11-21)13-4-3-5-13/h1-2,6-7,13,16-17H,3-5,8-12H2,(H2,19,22)/t16-,17+/m0/s1. The number of hydrogen-bond donors (Lipinski definition) is 1. The monoisotopic (exact) mass is 299 g/mol. The molecule has 0 spiro atoms. The summed E-state index contributed by atoms with van der Waals surface area (Å²) in [7, 11) is 0. The van der Waals surface area contributed by atoms with Gasteiger partial charge in [-0.05, 0) is 30.9 Å². The molecule has 2 atom stereocenters. The molecule has 3 fully saturated rings. The molecule has 4 rings (SSSR count). The normalized spacial score (nSPS) is 30.0. The highest BCUT2D eigenvalue weighted by molar-refractivity contribution is 5.94. The van der Waals surface area contributed by atoms with Gasteiger partial charge < -0.3 is 5.73 Å². The minimum atomic E-state index is -0.295. The topological polar surface area (TPSA) is 49.6 Å². The lowest BCUT2D eigenvalue weighted by atomic mass is 9.91. The lowest BCUT2D eigenvalue weighted by molar-refractivity contribution is 0.0577. The minimum absolute atomic E-state index is 0.295. The summed E-state index contributed by atoms with van der Waals surface area (Å²) in [5.74, 6) is 0.204. The van der Waals surface area contributed by atoms with Crippen LogP contribution in [0.3, 0.4) is 0 Å². The van der Waals surface area contributed by atoms with Gasteiger partial charge in [0.25, 0.3) is 0 Å². The van der Waals surface area contributed by atoms with Gasteiger partial charge in [-0.1, -0.05) is 24.6 Å². The molecule has 1 aliphatic heterocycles. The van der Waals surface area contributed by atoms with Gasteiger partial charge in [-0.15, -0.1) is 0 Å². The third-order valence-electron chi connectivity index (χ3n) is 5.79. The fourth-order valence-electron chi connectivity index (χ4n) is 4.15. The van der Waals surface area contributed by atoms with E-state index >= 15 is 0 Å². The van der Waals surface area contributed by atoms with Gasteiger partial charge in [0.2, 0.25) is 5.91 Å². The Hall–Kier alpha value is -1.39. The number of amides is 1. The molecule has 118 valence electrons. The van der Waals surface area contributed by atoms with Crippen LogP contribution in [-0.4, -0.2) is 54.0 Å². The second-order valence-corrected chi connectivity index (χ2v) is 7.02. The number of rotatable bonds is 4. The predicted molar refractivity (Wildman–Crippen MR) is 86.9 cm³/mol. The van der Waals surface area contributed by atoms with Crippen molar-refractivity contribution in [2.24, 2.45) is 5.73 Å². The summed E-state index contributed by atoms with van der Waals surface area (Å²) in [4.78, 5) is 16.9. The maximum atomic E-state index is 11.6. The van der Waals surface area contributed by atoms with Crippen molar-refractivity contribution in [2.75, 3.05) is 26.2 Å². The summed E-state index contributed by atoms with van der Waals surface area (Å²) in [6.45, 7) is 4.78. The second-order valence-electron chi connectivity index (χ2n) is 7.02. The number of primary amides is 1. The second kappa shape index (κ2) is 5.67. The zero-order valence-electron chi connectivity index (χ0n) is 13.1. The molecule has 0 bridgehead atoms. The summed E-state index contributed by atoms with van der Waals surface area (Å²) in [6.07, 6.45) is 5.39. The first-order valence-corrected chi connectivity index (χ1v) is 8.61. The molecule has 0 radical (unpaired) electrons. The average Bonchev–Trinajstić information content (AvgIpc) is 3.26. The lowest BCUT2D eigenvalue weighted by Gasteiger charge is -2.43. The van der Waals surface area contributed by atoms with Gasteiger partial charge >= 0.3 is 0 Å². The molecule has 1 saturated heterocycles. The number of hydrogen-bond acceptors (Lipinski definition) is 3. The lowest BCUT2D eigenvalue weighted by Crippen LogP contribution is -2.52. The predicted octanol–water partition coefficient (Wildman–Crippen LogP) is 1.81. The highest BCUT2D eigenvalue weighted by Crippen LogP contribution is 2.46. The average molecular weight is 299 g/mol. The molecule has 3 aliphatic rings. The summed E-state index contributed by atoms with van der Waals surface area (Å²) in [5.41, 5.74) is 7.38. The van der Waals surface area contributed by atoms with Gasteiger partial charge in [0, 0.05) is 49.7 Å². The summed E-state index contributed by atoms with van der Waals surface area (Å²) in [5, 5.41) is 0. The maximum absolute atomic E-state index is 11.6. The van der Waals surface area contributed by atoms with Gasteiger partial charge in [-0.3, -0.25) is 14.6 Å². The van der Waals surface area contributed by atoms with Crippen molar-refractivity contribution in [3.63, 3.8) is 0 Å². The number of carbonyl (C=O) groups excluding carboxylic acids is 1. The van der Waals surface area contributed by atoms with Crippen LogP contribution in [0.15, 0.2) is 24.3 Å². The molecule has 0 unspecified atom stereocenters. The zero-order valence-corrected chi connectivity index (χ0v) is 13.1. The zero-order chi connectivity index (χ0) is 15.1. The van der Waals surface area contributed by atoms with Crippen LogP contribution in [0.2, 0.25) is 0 Å². The van der Waals surface area contributed by atoms with Crippen molar-refractivity contribution in [1.29, 1.82) is 0 Å². The SMILES string of the molecule is NC(=O)c1ccccc1[C@@H]1C[C@H]1N1CCN(C2CCC2)CC1. The Balaban J connectivity index is 1.38. The summed E-state index contributed by atoms with van der Waals surface area (Å²) >= 11 is 0. The van der Waals surface area contributed by atoms with E-state index in [1.807, 2.05) is 18.2 Å². The van der Waals surface area contributed by atoms with Crippen molar-refractivity contribution < 1.29 is 4.79 Å². The first-order chi connectivity index (χ1) is 10.7. The minimum Gasteiger partial charge on any atom is -0.366 e. The van der Waals surface area contributed by atoms with E-state index in [4.69, 9.17) is 5.73 Å². The summed E-state index contributed by atoms with van der Waals surface area (Å²) in [6, 6.07) is 9.35. The van der Waals surface area contributed by atoms with Crippen molar-refractivity contribution in [3.05, 3.63) is 35.4 Å². The third-order valence-corrected chi connectivity index (χ3v) is 5.79. The molecule has 0 aromatic heterocycles. The van der Waals surface area contributed by atoms with Crippen LogP contribution in [0.4, 0.5) is 0 Å². The molecule has 2 saturated carbocycles. The van der Waals surface area contributed by atoms with E-state index in [-0.39, 0.29) is 5.91 Å². The van der Waals surface area contributed by atoms with Gasteiger partial charge in [0.1, 0.15) is 0 Å². The fraction of sp³-hybridized carbons (Fsp3) is 0.611. The molecular formula is C18H25N3O. The molecule has 4 nitrogen and oxygen atoms in total. The van der Waals surface area contributed by atoms with Gasteiger partial charge in [0.05, 0.1) is 0 Å². The van der Waals surface area contributed by atoms with Crippen molar-refractivity contribution >= 4 is 5.91 Å². The van der Waals surface area contributed by atoms with Gasteiger partial charge in [-0.25, -0.2) is 0 Å². The van der Waals surface area contributed by atoms with Crippen LogP contribution in [0.1, 0.15) is 47.5 Å². The van der Waals surface area contributed by atoms with Crippen LogP contribution in [0, 0.1) is 0 Å². The first-order valence-electron chi connectivity index (χ1n) is 8.61. The summed E-state index contributed by atoms with van der Waals surface area (Å²) < 4.78 is 0. The Kier molecular flexibility index (Phi) is 3.66. The molecular weight excluding hydrogens is 274 g/mol. The third kappa shape index (κ3) is 2.55. The van der Waals surface area contributed by atoms with Crippen LogP contribution in [0.5, 0.6) is 0 Å². The van der Waals surface area contributed by atoms with Crippen molar-refractivity contribution in [3.8, 4) is 0 Å². The Labute approximate surface area is 132 Å². The van der Waals surface area contributed by atoms with E-state index in [9.17, 15) is 4.79 Å². The van der Waals surface area contributed by atoms with E-state index in [1.165, 1.54) is 51.9 Å². The number of nitrogens with zero attached hydrogens (tertiary/aromatic N) is 2. The van der Waals surface area contributed by atoms with Crippen LogP contribution in [-0.2, 0) is 0 Å². The molecule has 1 amide bonds. The Morgan fingerprint density at radius 2 is 1.73 bits per heavy atom. The number of carbonyl (C=O) groups is 1. The van der Waals surface area contributed by atoms with Gasteiger partial charge in [-0.2, -0.15) is 0 Å². The van der Waals surface area contributed by atoms with Crippen LogP contribution in [0.25, 0.3) is 0 Å². The Morgan fingerprint density at radius 1 is 1.05 bits per heavy atom. The molecule has 1 heterocycles. The molecule has 2 aliphatic carbocycles. The molecule has 1 aromatic rings. The van der Waals surface area contributed by atoms with Crippen molar-refractivity contribution in [2.45, 2.75) is 43.7 Å². The molecule has 2 N–H and O–H groups in total. The van der Waals surface area contributed by atoms with Crippen LogP contribution < -0.4 is 5.73 Å². The largest absolute Gasteiger partial charge is 0.366 e. The number of nitrogens with two attached hydrogens (primary N) is 1. The highest BCUT2D eigenvalue weighted by atomic mass is 16.1. The highest BCUT2D eigenvalue weighted by Gasteiger charge is 2.45. The quantitative estimate of drug-likeness (QED) is 0.922. The number of piperazine rings is 1. The first kappa shape index (κ1) is 14.2. The Morgan fingerprint density at radius 3 is 2.36 bits per heavy atom. The van der Waals surface area contributed by atoms with E-state index in [2.05, 4.69) is 15.9 Å². The molecule has 22 heavy (non-hydrogen) atoms. The van der Waals surface area contributed by atoms with Crippen LogP contribution >= 0.6 is 0 Å². The van der Waals surface area contributed by atoms with E-state index < -0.39 is 0 Å². The van der Waals surface area contributed by atoms with Crippen molar-refractivity contribution in [1.82, 2.24) is 9.80 Å². The van der Waals surface area contributed by atoms with E-state index in [0.29, 0.717) is 17.5 Å². The fourth-order valence-corrected chi connectivity index (χ4v) is 4.15. The smallest absolute Gasteiger partial charge is 0.248 e. The molecule has 4 heteroatoms. The Bertz CT molecular complexity index is 561. The van der Waals surface area contributed by atoms with Gasteiger partial charge in [0.15, 0.2) is 0 Å². The number of benzene rings is 1.